The number of benzene rings is 8. The molecule has 0 fully saturated rings. The predicted octanol–water partition coefficient (Wildman–Crippen LogP) is 12.2. The lowest BCUT2D eigenvalue weighted by Crippen LogP contribution is -1.97. The number of furan rings is 1. The van der Waals surface area contributed by atoms with Crippen LogP contribution in [0.5, 0.6) is 11.5 Å². The molecule has 1 aliphatic rings. The molecule has 0 aliphatic carbocycles. The van der Waals surface area contributed by atoms with E-state index >= 15 is 0 Å². The average molecular weight is 561 g/mol. The van der Waals surface area contributed by atoms with Crippen LogP contribution >= 0.6 is 0 Å². The Balaban J connectivity index is 1.23. The Morgan fingerprint density at radius 3 is 1.75 bits per heavy atom. The Labute approximate surface area is 253 Å². The smallest absolute Gasteiger partial charge is 0.136 e. The van der Waals surface area contributed by atoms with Crippen molar-refractivity contribution in [2.24, 2.45) is 0 Å². The van der Waals surface area contributed by atoms with Crippen molar-refractivity contribution < 1.29 is 9.15 Å². The molecule has 0 saturated carbocycles. The fourth-order valence-corrected chi connectivity index (χ4v) is 7.32. The molecular formula is C42H24O2. The molecule has 0 atom stereocenters. The molecular weight excluding hydrogens is 536 g/mol. The van der Waals surface area contributed by atoms with Crippen molar-refractivity contribution in [2.45, 2.75) is 0 Å². The molecule has 0 spiro atoms. The van der Waals surface area contributed by atoms with Crippen LogP contribution in [0.3, 0.4) is 0 Å². The van der Waals surface area contributed by atoms with Crippen molar-refractivity contribution in [1.82, 2.24) is 0 Å². The highest BCUT2D eigenvalue weighted by Crippen LogP contribution is 2.50. The molecule has 2 heteroatoms. The highest BCUT2D eigenvalue weighted by Gasteiger charge is 2.22. The number of para-hydroxylation sites is 1. The summed E-state index contributed by atoms with van der Waals surface area (Å²) >= 11 is 0. The van der Waals surface area contributed by atoms with Gasteiger partial charge in [-0.2, -0.15) is 0 Å². The maximum absolute atomic E-state index is 6.43. The Morgan fingerprint density at radius 1 is 0.318 bits per heavy atom. The van der Waals surface area contributed by atoms with Crippen molar-refractivity contribution in [3.05, 3.63) is 146 Å². The lowest BCUT2D eigenvalue weighted by Gasteiger charge is -2.23. The van der Waals surface area contributed by atoms with Gasteiger partial charge in [0.25, 0.3) is 0 Å². The van der Waals surface area contributed by atoms with E-state index in [0.717, 1.165) is 39.0 Å². The van der Waals surface area contributed by atoms with Gasteiger partial charge in [-0.15, -0.1) is 0 Å². The second kappa shape index (κ2) is 8.82. The van der Waals surface area contributed by atoms with E-state index in [1.54, 1.807) is 0 Å². The Morgan fingerprint density at radius 2 is 0.909 bits per heavy atom. The monoisotopic (exact) mass is 560 g/mol. The summed E-state index contributed by atoms with van der Waals surface area (Å²) in [6.07, 6.45) is 0. The Kier molecular flexibility index (Phi) is 4.75. The van der Waals surface area contributed by atoms with Crippen LogP contribution in [0.4, 0.5) is 0 Å². The lowest BCUT2D eigenvalue weighted by molar-refractivity contribution is 0.487. The summed E-state index contributed by atoms with van der Waals surface area (Å²) < 4.78 is 12.8. The van der Waals surface area contributed by atoms with Gasteiger partial charge in [-0.25, -0.2) is 0 Å². The number of hydrogen-bond acceptors (Lipinski definition) is 2. The Hall–Kier alpha value is -5.86. The molecule has 0 N–H and O–H groups in total. The molecule has 2 nitrogen and oxygen atoms in total. The largest absolute Gasteiger partial charge is 0.456 e. The summed E-state index contributed by atoms with van der Waals surface area (Å²) in [6.45, 7) is 0. The zero-order chi connectivity index (χ0) is 28.8. The summed E-state index contributed by atoms with van der Waals surface area (Å²) in [7, 11) is 0. The minimum Gasteiger partial charge on any atom is -0.456 e. The third-order valence-corrected chi connectivity index (χ3v) is 9.27. The molecule has 1 aliphatic heterocycles. The Bertz CT molecular complexity index is 2640. The van der Waals surface area contributed by atoms with Gasteiger partial charge >= 0.3 is 0 Å². The first-order chi connectivity index (χ1) is 21.8. The SMILES string of the molecule is c1ccc2c(c1)Oc1ccc(-c3ccc(-c4cccc5oc6cc7ccccc7cc6c45)c4ccccc34)c3cccc-2c13. The topological polar surface area (TPSA) is 22.4 Å². The van der Waals surface area contributed by atoms with E-state index in [-0.39, 0.29) is 0 Å². The van der Waals surface area contributed by atoms with E-state index in [0.29, 0.717) is 0 Å². The second-order valence-corrected chi connectivity index (χ2v) is 11.6. The van der Waals surface area contributed by atoms with Gasteiger partial charge in [-0.1, -0.05) is 115 Å². The minimum atomic E-state index is 0.906. The first-order valence-electron chi connectivity index (χ1n) is 15.0. The van der Waals surface area contributed by atoms with Crippen LogP contribution in [-0.2, 0) is 0 Å². The molecule has 2 heterocycles. The van der Waals surface area contributed by atoms with E-state index in [1.807, 2.05) is 12.1 Å². The minimum absolute atomic E-state index is 0.906. The van der Waals surface area contributed by atoms with Crippen molar-refractivity contribution in [3.63, 3.8) is 0 Å². The molecule has 204 valence electrons. The third-order valence-electron chi connectivity index (χ3n) is 9.27. The van der Waals surface area contributed by atoms with Crippen LogP contribution in [0.2, 0.25) is 0 Å². The van der Waals surface area contributed by atoms with Gasteiger partial charge in [-0.3, -0.25) is 0 Å². The zero-order valence-corrected chi connectivity index (χ0v) is 23.7. The molecule has 0 saturated heterocycles. The molecule has 10 rings (SSSR count). The fraction of sp³-hybridized carbons (Fsp3) is 0. The molecule has 0 amide bonds. The van der Waals surface area contributed by atoms with E-state index in [9.17, 15) is 0 Å². The van der Waals surface area contributed by atoms with Crippen LogP contribution < -0.4 is 4.74 Å². The molecule has 0 radical (unpaired) electrons. The fourth-order valence-electron chi connectivity index (χ4n) is 7.32. The number of fused-ring (bicyclic) bond motifs is 7. The van der Waals surface area contributed by atoms with Gasteiger partial charge in [0.05, 0.1) is 0 Å². The lowest BCUT2D eigenvalue weighted by atomic mass is 9.87. The van der Waals surface area contributed by atoms with Crippen LogP contribution in [0.1, 0.15) is 0 Å². The highest BCUT2D eigenvalue weighted by molar-refractivity contribution is 6.19. The summed E-state index contributed by atoms with van der Waals surface area (Å²) in [5.41, 5.74) is 8.97. The second-order valence-electron chi connectivity index (χ2n) is 11.6. The molecule has 9 aromatic rings. The zero-order valence-electron chi connectivity index (χ0n) is 23.7. The third kappa shape index (κ3) is 3.25. The average Bonchev–Trinajstić information content (AvgIpc) is 3.45. The van der Waals surface area contributed by atoms with E-state index in [2.05, 4.69) is 133 Å². The van der Waals surface area contributed by atoms with Crippen LogP contribution in [0, 0.1) is 0 Å². The van der Waals surface area contributed by atoms with E-state index in [1.165, 1.54) is 60.1 Å². The number of hydrogen-bond donors (Lipinski definition) is 0. The summed E-state index contributed by atoms with van der Waals surface area (Å²) in [5, 5.41) is 9.50. The van der Waals surface area contributed by atoms with Crippen molar-refractivity contribution in [2.75, 3.05) is 0 Å². The maximum atomic E-state index is 6.43. The van der Waals surface area contributed by atoms with Crippen LogP contribution in [0.25, 0.3) is 87.6 Å². The van der Waals surface area contributed by atoms with Crippen LogP contribution in [0.15, 0.2) is 150 Å². The summed E-state index contributed by atoms with van der Waals surface area (Å²) in [5.74, 6) is 1.81. The van der Waals surface area contributed by atoms with Gasteiger partial charge < -0.3 is 9.15 Å². The molecule has 1 aromatic heterocycles. The number of ether oxygens (including phenoxy) is 1. The molecule has 0 bridgehead atoms. The van der Waals surface area contributed by atoms with Crippen molar-refractivity contribution in [1.29, 1.82) is 0 Å². The standard InChI is InChI=1S/C42H24O2/c1-2-10-26-24-40-36(23-25(26)9-1)42-34(16-8-18-38(42)44-40)30-20-19-29(27-11-3-4-12-28(27)30)31-21-22-39-41-33(31)14-7-15-35(41)32-13-5-6-17-37(32)43-39/h1-24H. The van der Waals surface area contributed by atoms with Crippen molar-refractivity contribution in [3.8, 4) is 44.9 Å². The highest BCUT2D eigenvalue weighted by atomic mass is 16.5. The quantitative estimate of drug-likeness (QED) is 0.210. The van der Waals surface area contributed by atoms with Gasteiger partial charge in [0.1, 0.15) is 22.7 Å². The molecule has 8 aromatic carbocycles. The van der Waals surface area contributed by atoms with Gasteiger partial charge in [0, 0.05) is 21.7 Å². The molecule has 0 unspecified atom stereocenters. The first-order valence-corrected chi connectivity index (χ1v) is 15.0. The van der Waals surface area contributed by atoms with Crippen LogP contribution in [-0.4, -0.2) is 0 Å². The van der Waals surface area contributed by atoms with Crippen molar-refractivity contribution >= 4 is 54.3 Å². The number of rotatable bonds is 2. The summed E-state index contributed by atoms with van der Waals surface area (Å²) in [6, 6.07) is 51.9. The normalized spacial score (nSPS) is 12.3. The van der Waals surface area contributed by atoms with Gasteiger partial charge in [0.2, 0.25) is 0 Å². The van der Waals surface area contributed by atoms with Gasteiger partial charge in [-0.05, 0) is 85.1 Å². The van der Waals surface area contributed by atoms with E-state index in [4.69, 9.17) is 9.15 Å². The maximum Gasteiger partial charge on any atom is 0.136 e. The predicted molar refractivity (Wildman–Crippen MR) is 183 cm³/mol. The molecule has 44 heavy (non-hydrogen) atoms. The van der Waals surface area contributed by atoms with Gasteiger partial charge in [0.15, 0.2) is 0 Å². The van der Waals surface area contributed by atoms with E-state index < -0.39 is 0 Å². The first kappa shape index (κ1) is 23.7. The summed E-state index contributed by atoms with van der Waals surface area (Å²) in [4.78, 5) is 0.